The summed E-state index contributed by atoms with van der Waals surface area (Å²) in [5.74, 6) is -5.06. The van der Waals surface area contributed by atoms with Gasteiger partial charge in [-0.3, -0.25) is 39.0 Å². The van der Waals surface area contributed by atoms with Gasteiger partial charge in [-0.1, -0.05) is 17.3 Å². The van der Waals surface area contributed by atoms with Gasteiger partial charge in [-0.2, -0.15) is 8.42 Å². The van der Waals surface area contributed by atoms with Crippen LogP contribution in [0.3, 0.4) is 0 Å². The fraction of sp³-hybridized carbons (Fsp3) is 0.314. The fourth-order valence-electron chi connectivity index (χ4n) is 6.53. The summed E-state index contributed by atoms with van der Waals surface area (Å²) in [7, 11) is -4.37. The van der Waals surface area contributed by atoms with E-state index in [-0.39, 0.29) is 85.7 Å². The summed E-state index contributed by atoms with van der Waals surface area (Å²) in [5, 5.41) is 26.7. The summed E-state index contributed by atoms with van der Waals surface area (Å²) in [5.41, 5.74) is 0.512. The van der Waals surface area contributed by atoms with Crippen molar-refractivity contribution in [1.82, 2.24) is 35.2 Å². The number of phenols is 1. The van der Waals surface area contributed by atoms with Crippen LogP contribution in [-0.4, -0.2) is 108 Å². The van der Waals surface area contributed by atoms with Crippen LogP contribution in [0.2, 0.25) is 0 Å². The number of benzene rings is 3. The lowest BCUT2D eigenvalue weighted by molar-refractivity contribution is -0.136. The third-order valence-corrected chi connectivity index (χ3v) is 10.6. The largest absolute Gasteiger partial charge is 0.506 e. The molecule has 7 rings (SSSR count). The van der Waals surface area contributed by atoms with Gasteiger partial charge in [0, 0.05) is 23.9 Å². The summed E-state index contributed by atoms with van der Waals surface area (Å²) >= 11 is 0. The Labute approximate surface area is 322 Å². The molecule has 4 heterocycles. The highest BCUT2D eigenvalue weighted by molar-refractivity contribution is 7.92. The van der Waals surface area contributed by atoms with Crippen molar-refractivity contribution in [1.29, 1.82) is 0 Å². The first kappa shape index (κ1) is 38.6. The maximum atomic E-state index is 15.4. The zero-order valence-corrected chi connectivity index (χ0v) is 30.6. The van der Waals surface area contributed by atoms with E-state index in [0.29, 0.717) is 22.2 Å². The number of halogens is 1. The zero-order chi connectivity index (χ0) is 40.4. The topological polar surface area (TPSA) is 261 Å². The first-order chi connectivity index (χ1) is 27.3. The zero-order valence-electron chi connectivity index (χ0n) is 29.8. The first-order valence-corrected chi connectivity index (χ1v) is 19.0. The summed E-state index contributed by atoms with van der Waals surface area (Å²) in [6.07, 6.45) is 1.79. The smallest absolute Gasteiger partial charge is 0.326 e. The van der Waals surface area contributed by atoms with E-state index in [4.69, 9.17) is 9.47 Å². The molecular formula is C35H34FN9O11S. The van der Waals surface area contributed by atoms with E-state index in [9.17, 15) is 42.3 Å². The third-order valence-electron chi connectivity index (χ3n) is 9.22. The number of carbonyl (C=O) groups is 6. The third kappa shape index (κ3) is 8.02. The van der Waals surface area contributed by atoms with Crippen LogP contribution in [0.25, 0.3) is 10.8 Å². The summed E-state index contributed by atoms with van der Waals surface area (Å²) in [6.45, 7) is 0.279. The van der Waals surface area contributed by atoms with Gasteiger partial charge in [-0.05, 0) is 42.1 Å². The molecule has 0 spiro atoms. The molecule has 0 aliphatic carbocycles. The van der Waals surface area contributed by atoms with E-state index in [1.165, 1.54) is 35.0 Å². The van der Waals surface area contributed by atoms with Crippen molar-refractivity contribution in [3.05, 3.63) is 71.3 Å². The van der Waals surface area contributed by atoms with Crippen molar-refractivity contribution in [3.63, 3.8) is 0 Å². The minimum absolute atomic E-state index is 0.0181. The minimum atomic E-state index is -4.37. The SMILES string of the molecule is O=C(CCOCCn1cc(CNc2cccc3c2C(=O)N(C2CCC(=O)NC2=O)C3=O)nn1)NCCOc1ccc2cc(O)c(N3CC(=O)NS3(=O)=O)c(F)c2c1. The summed E-state index contributed by atoms with van der Waals surface area (Å²) < 4.78 is 54.8. The van der Waals surface area contributed by atoms with Crippen LogP contribution >= 0.6 is 0 Å². The Bertz CT molecular complexity index is 2440. The van der Waals surface area contributed by atoms with Gasteiger partial charge in [0.05, 0.1) is 50.2 Å². The van der Waals surface area contributed by atoms with Crippen LogP contribution in [0, 0.1) is 5.82 Å². The molecule has 6 amide bonds. The molecule has 0 radical (unpaired) electrons. The molecule has 20 nitrogen and oxygen atoms in total. The molecule has 0 bridgehead atoms. The number of hydrogen-bond donors (Lipinski definition) is 5. The molecule has 1 aromatic heterocycles. The second-order valence-corrected chi connectivity index (χ2v) is 14.6. The Morgan fingerprint density at radius 2 is 1.86 bits per heavy atom. The standard InChI is InChI=1S/C35H34FN9O11S/c36-31-23-15-21(5-4-19(23)14-26(46)32(31)44-18-29(49)41-57(44,53)54)56-12-9-37-27(47)8-11-55-13-10-43-17-20(40-42-43)16-38-24-3-1-2-22-30(24)35(52)45(34(22)51)25-6-7-28(48)39-33(25)50/h1-5,14-15,17,25,38,46H,6-13,16,18H2,(H,37,47)(H,41,49)(H,39,48,50). The molecule has 2 fully saturated rings. The van der Waals surface area contributed by atoms with Gasteiger partial charge in [0.15, 0.2) is 5.82 Å². The normalized spacial score (nSPS) is 17.5. The molecule has 4 aromatic rings. The van der Waals surface area contributed by atoms with Crippen LogP contribution in [0.4, 0.5) is 15.8 Å². The number of fused-ring (bicyclic) bond motifs is 2. The van der Waals surface area contributed by atoms with Crippen LogP contribution in [0.1, 0.15) is 45.7 Å². The maximum absolute atomic E-state index is 15.4. The monoisotopic (exact) mass is 807 g/mol. The molecule has 3 aliphatic heterocycles. The molecule has 0 saturated carbocycles. The first-order valence-electron chi connectivity index (χ1n) is 17.5. The van der Waals surface area contributed by atoms with Gasteiger partial charge < -0.3 is 25.2 Å². The van der Waals surface area contributed by atoms with E-state index < -0.39 is 69.6 Å². The molecule has 1 unspecified atom stereocenters. The average Bonchev–Trinajstić information content (AvgIpc) is 3.81. The van der Waals surface area contributed by atoms with Crippen molar-refractivity contribution in [2.24, 2.45) is 0 Å². The quantitative estimate of drug-likeness (QED) is 0.0787. The maximum Gasteiger partial charge on any atom is 0.326 e. The average molecular weight is 808 g/mol. The molecule has 57 heavy (non-hydrogen) atoms. The number of imide groups is 2. The predicted molar refractivity (Wildman–Crippen MR) is 194 cm³/mol. The number of carbonyl (C=O) groups excluding carboxylic acids is 6. The molecule has 5 N–H and O–H groups in total. The molecule has 3 aromatic carbocycles. The Hall–Kier alpha value is -6.68. The molecule has 298 valence electrons. The molecule has 3 aliphatic rings. The van der Waals surface area contributed by atoms with Gasteiger partial charge in [-0.25, -0.2) is 18.1 Å². The summed E-state index contributed by atoms with van der Waals surface area (Å²) in [6, 6.07) is 9.15. The number of hydrogen-bond acceptors (Lipinski definition) is 14. The van der Waals surface area contributed by atoms with E-state index in [0.717, 1.165) is 4.90 Å². The van der Waals surface area contributed by atoms with Crippen LogP contribution in [0.5, 0.6) is 11.5 Å². The lowest BCUT2D eigenvalue weighted by atomic mass is 10.0. The molecular weight excluding hydrogens is 774 g/mol. The van der Waals surface area contributed by atoms with E-state index in [2.05, 4.69) is 26.3 Å². The van der Waals surface area contributed by atoms with E-state index in [1.807, 2.05) is 0 Å². The fourth-order valence-corrected chi connectivity index (χ4v) is 7.69. The molecule has 2 saturated heterocycles. The minimum Gasteiger partial charge on any atom is -0.506 e. The van der Waals surface area contributed by atoms with Crippen molar-refractivity contribution < 1.29 is 56.2 Å². The number of piperidine rings is 1. The Kier molecular flexibility index (Phi) is 10.7. The summed E-state index contributed by atoms with van der Waals surface area (Å²) in [4.78, 5) is 75.1. The highest BCUT2D eigenvalue weighted by atomic mass is 32.2. The number of anilines is 2. The van der Waals surface area contributed by atoms with Gasteiger partial charge in [0.2, 0.25) is 17.7 Å². The number of aromatic hydroxyl groups is 1. The van der Waals surface area contributed by atoms with Gasteiger partial charge in [0.1, 0.15) is 42.1 Å². The molecule has 1 atom stereocenters. The van der Waals surface area contributed by atoms with Crippen LogP contribution in [0.15, 0.2) is 48.7 Å². The van der Waals surface area contributed by atoms with Crippen molar-refractivity contribution in [3.8, 4) is 11.5 Å². The number of ether oxygens (including phenoxy) is 2. The highest BCUT2D eigenvalue weighted by Crippen LogP contribution is 2.39. The van der Waals surface area contributed by atoms with Gasteiger partial charge >= 0.3 is 10.2 Å². The Balaban J connectivity index is 0.816. The van der Waals surface area contributed by atoms with Crippen LogP contribution in [-0.2, 0) is 47.2 Å². The van der Waals surface area contributed by atoms with Crippen molar-refractivity contribution in [2.75, 3.05) is 42.5 Å². The van der Waals surface area contributed by atoms with E-state index >= 15 is 4.39 Å². The lowest BCUT2D eigenvalue weighted by Gasteiger charge is -2.27. The van der Waals surface area contributed by atoms with Crippen molar-refractivity contribution >= 4 is 67.8 Å². The number of phenolic OH excluding ortho intramolecular Hbond substituents is 1. The second-order valence-electron chi connectivity index (χ2n) is 13.0. The lowest BCUT2D eigenvalue weighted by Crippen LogP contribution is -2.54. The Morgan fingerprint density at radius 1 is 1.04 bits per heavy atom. The number of amides is 6. The number of aromatic nitrogens is 3. The number of nitrogens with zero attached hydrogens (tertiary/aromatic N) is 5. The number of rotatable bonds is 15. The van der Waals surface area contributed by atoms with Gasteiger partial charge in [0.25, 0.3) is 17.7 Å². The van der Waals surface area contributed by atoms with Crippen LogP contribution < -0.4 is 29.7 Å². The molecule has 22 heteroatoms. The van der Waals surface area contributed by atoms with Gasteiger partial charge in [-0.15, -0.1) is 5.10 Å². The van der Waals surface area contributed by atoms with E-state index in [1.54, 1.807) is 23.1 Å². The predicted octanol–water partition coefficient (Wildman–Crippen LogP) is 0.0722. The Morgan fingerprint density at radius 3 is 2.63 bits per heavy atom. The second kappa shape index (κ2) is 15.8. The highest BCUT2D eigenvalue weighted by Gasteiger charge is 2.45. The van der Waals surface area contributed by atoms with Crippen molar-refractivity contribution in [2.45, 2.75) is 38.4 Å². The number of nitrogens with one attached hydrogen (secondary N) is 4.